The average Bonchev–Trinajstić information content (AvgIpc) is 2.39. The van der Waals surface area contributed by atoms with Crippen molar-refractivity contribution >= 4 is 10.0 Å². The zero-order valence-corrected chi connectivity index (χ0v) is 12.1. The Morgan fingerprint density at radius 3 is 2.50 bits per heavy atom. The average molecular weight is 309 g/mol. The van der Waals surface area contributed by atoms with Crippen LogP contribution in [0.1, 0.15) is 12.5 Å². The van der Waals surface area contributed by atoms with Crippen molar-refractivity contribution in [1.82, 2.24) is 4.31 Å². The van der Waals surface area contributed by atoms with E-state index in [2.05, 4.69) is 0 Å². The van der Waals surface area contributed by atoms with Crippen LogP contribution in [0.25, 0.3) is 0 Å². The lowest BCUT2D eigenvalue weighted by Crippen LogP contribution is -2.34. The molecule has 0 bridgehead atoms. The first-order valence-electron chi connectivity index (χ1n) is 5.96. The van der Waals surface area contributed by atoms with Crippen LogP contribution in [0.4, 0.5) is 8.78 Å². The van der Waals surface area contributed by atoms with Gasteiger partial charge in [-0.3, -0.25) is 0 Å². The predicted octanol–water partition coefficient (Wildman–Crippen LogP) is 1.11. The van der Waals surface area contributed by atoms with Crippen LogP contribution in [-0.2, 0) is 21.4 Å². The minimum absolute atomic E-state index is 0.0562. The van der Waals surface area contributed by atoms with Gasteiger partial charge in [0.05, 0.1) is 18.8 Å². The lowest BCUT2D eigenvalue weighted by molar-refractivity contribution is 0.180. The summed E-state index contributed by atoms with van der Waals surface area (Å²) < 4.78 is 57.7. The van der Waals surface area contributed by atoms with Crippen molar-refractivity contribution in [2.75, 3.05) is 26.8 Å². The van der Waals surface area contributed by atoms with Gasteiger partial charge in [0.25, 0.3) is 0 Å². The summed E-state index contributed by atoms with van der Waals surface area (Å²) in [5, 5.41) is 8.92. The van der Waals surface area contributed by atoms with E-state index < -0.39 is 38.7 Å². The molecule has 8 heteroatoms. The number of likely N-dealkylation sites (N-methyl/N-ethyl adjacent to an activating group) is 1. The molecular weight excluding hydrogens is 292 g/mol. The predicted molar refractivity (Wildman–Crippen MR) is 68.6 cm³/mol. The van der Waals surface area contributed by atoms with Gasteiger partial charge in [-0.15, -0.1) is 0 Å². The van der Waals surface area contributed by atoms with Gasteiger partial charge in [-0.2, -0.15) is 4.31 Å². The second-order valence-corrected chi connectivity index (χ2v) is 5.89. The molecule has 1 aromatic carbocycles. The Kier molecular flexibility index (Phi) is 6.00. The Morgan fingerprint density at radius 1 is 1.35 bits per heavy atom. The maximum atomic E-state index is 14.0. The molecule has 0 amide bonds. The molecule has 0 saturated carbocycles. The molecule has 0 aliphatic rings. The first-order chi connectivity index (χ1) is 9.39. The molecule has 0 aliphatic heterocycles. The third-order valence-corrected chi connectivity index (χ3v) is 4.82. The van der Waals surface area contributed by atoms with E-state index in [1.807, 2.05) is 0 Å². The lowest BCUT2D eigenvalue weighted by atomic mass is 10.2. The Labute approximate surface area is 116 Å². The Bertz CT molecular complexity index is 563. The fourth-order valence-corrected chi connectivity index (χ4v) is 3.22. The van der Waals surface area contributed by atoms with Crippen molar-refractivity contribution < 1.29 is 27.0 Å². The number of halogens is 2. The van der Waals surface area contributed by atoms with Crippen molar-refractivity contribution in [3.8, 4) is 0 Å². The molecule has 1 aromatic rings. The lowest BCUT2D eigenvalue weighted by Gasteiger charge is -2.21. The summed E-state index contributed by atoms with van der Waals surface area (Å²) in [4.78, 5) is -0.652. The number of benzene rings is 1. The molecule has 0 aromatic heterocycles. The molecule has 0 heterocycles. The van der Waals surface area contributed by atoms with Gasteiger partial charge >= 0.3 is 0 Å². The fraction of sp³-hybridized carbons (Fsp3) is 0.500. The van der Waals surface area contributed by atoms with Gasteiger partial charge in [0, 0.05) is 20.2 Å². The van der Waals surface area contributed by atoms with Crippen LogP contribution in [0.15, 0.2) is 17.0 Å². The van der Waals surface area contributed by atoms with Crippen LogP contribution in [0.5, 0.6) is 0 Å². The number of methoxy groups -OCH3 is 1. The van der Waals surface area contributed by atoms with E-state index in [0.29, 0.717) is 0 Å². The van der Waals surface area contributed by atoms with Crippen LogP contribution in [-0.4, -0.2) is 44.6 Å². The summed E-state index contributed by atoms with van der Waals surface area (Å²) in [5.41, 5.74) is -0.658. The summed E-state index contributed by atoms with van der Waals surface area (Å²) in [6.45, 7) is 1.02. The normalized spacial score (nSPS) is 12.1. The number of aliphatic hydroxyl groups excluding tert-OH is 1. The molecule has 0 spiro atoms. The maximum absolute atomic E-state index is 14.0. The van der Waals surface area contributed by atoms with E-state index in [1.54, 1.807) is 6.92 Å². The van der Waals surface area contributed by atoms with Crippen molar-refractivity contribution in [2.24, 2.45) is 0 Å². The quantitative estimate of drug-likeness (QED) is 0.819. The molecule has 5 nitrogen and oxygen atoms in total. The summed E-state index contributed by atoms with van der Waals surface area (Å²) in [5.74, 6) is -2.24. The fourth-order valence-electron chi connectivity index (χ4n) is 1.70. The van der Waals surface area contributed by atoms with Gasteiger partial charge in [0.1, 0.15) is 10.7 Å². The highest BCUT2D eigenvalue weighted by molar-refractivity contribution is 7.89. The van der Waals surface area contributed by atoms with Crippen molar-refractivity contribution in [1.29, 1.82) is 0 Å². The largest absolute Gasteiger partial charge is 0.391 e. The van der Waals surface area contributed by atoms with Gasteiger partial charge in [-0.25, -0.2) is 17.2 Å². The highest BCUT2D eigenvalue weighted by atomic mass is 32.2. The summed E-state index contributed by atoms with van der Waals surface area (Å²) >= 11 is 0. The van der Waals surface area contributed by atoms with E-state index in [9.17, 15) is 17.2 Å². The summed E-state index contributed by atoms with van der Waals surface area (Å²) in [7, 11) is -2.68. The zero-order chi connectivity index (χ0) is 15.3. The van der Waals surface area contributed by atoms with E-state index in [4.69, 9.17) is 9.84 Å². The maximum Gasteiger partial charge on any atom is 0.246 e. The molecule has 1 rings (SSSR count). The molecule has 0 fully saturated rings. The standard InChI is InChI=1S/C12H17F2NO4S/c1-3-15(6-7-19-2)20(17,18)11-5-4-10(13)9(8-16)12(11)14/h4-5,16H,3,6-8H2,1-2H3. The van der Waals surface area contributed by atoms with Gasteiger partial charge in [0.15, 0.2) is 5.82 Å². The van der Waals surface area contributed by atoms with Crippen molar-refractivity contribution in [2.45, 2.75) is 18.4 Å². The van der Waals surface area contributed by atoms with Gasteiger partial charge in [0.2, 0.25) is 10.0 Å². The first kappa shape index (κ1) is 17.0. The third kappa shape index (κ3) is 3.32. The molecule has 0 radical (unpaired) electrons. The van der Waals surface area contributed by atoms with E-state index in [-0.39, 0.29) is 19.7 Å². The number of aliphatic hydroxyl groups is 1. The molecule has 0 unspecified atom stereocenters. The molecule has 0 saturated heterocycles. The Morgan fingerprint density at radius 2 is 2.00 bits per heavy atom. The minimum atomic E-state index is -4.10. The second-order valence-electron chi connectivity index (χ2n) is 3.99. The molecule has 0 aliphatic carbocycles. The van der Waals surface area contributed by atoms with Crippen LogP contribution in [0.2, 0.25) is 0 Å². The van der Waals surface area contributed by atoms with Crippen molar-refractivity contribution in [3.63, 3.8) is 0 Å². The van der Waals surface area contributed by atoms with Gasteiger partial charge in [-0.1, -0.05) is 6.92 Å². The number of hydrogen-bond donors (Lipinski definition) is 1. The van der Waals surface area contributed by atoms with Crippen LogP contribution in [0.3, 0.4) is 0 Å². The number of sulfonamides is 1. The zero-order valence-electron chi connectivity index (χ0n) is 11.3. The van der Waals surface area contributed by atoms with Gasteiger partial charge in [-0.05, 0) is 12.1 Å². The van der Waals surface area contributed by atoms with Gasteiger partial charge < -0.3 is 9.84 Å². The number of hydrogen-bond acceptors (Lipinski definition) is 4. The second kappa shape index (κ2) is 7.07. The van der Waals surface area contributed by atoms with Crippen molar-refractivity contribution in [3.05, 3.63) is 29.3 Å². The topological polar surface area (TPSA) is 66.8 Å². The minimum Gasteiger partial charge on any atom is -0.391 e. The molecular formula is C12H17F2NO4S. The van der Waals surface area contributed by atoms with E-state index in [0.717, 1.165) is 16.4 Å². The molecule has 1 N–H and O–H groups in total. The highest BCUT2D eigenvalue weighted by Gasteiger charge is 2.28. The molecule has 0 atom stereocenters. The number of ether oxygens (including phenoxy) is 1. The van der Waals surface area contributed by atoms with Crippen LogP contribution >= 0.6 is 0 Å². The van der Waals surface area contributed by atoms with E-state index in [1.165, 1.54) is 7.11 Å². The molecule has 20 heavy (non-hydrogen) atoms. The Balaban J connectivity index is 3.27. The first-order valence-corrected chi connectivity index (χ1v) is 7.41. The number of rotatable bonds is 7. The van der Waals surface area contributed by atoms with Crippen LogP contribution < -0.4 is 0 Å². The summed E-state index contributed by atoms with van der Waals surface area (Å²) in [6, 6.07) is 1.68. The smallest absolute Gasteiger partial charge is 0.246 e. The Hall–Kier alpha value is -1.09. The highest BCUT2D eigenvalue weighted by Crippen LogP contribution is 2.24. The summed E-state index contributed by atoms with van der Waals surface area (Å²) in [6.07, 6.45) is 0. The van der Waals surface area contributed by atoms with E-state index >= 15 is 0 Å². The monoisotopic (exact) mass is 309 g/mol. The SMILES string of the molecule is CCN(CCOC)S(=O)(=O)c1ccc(F)c(CO)c1F. The molecule has 114 valence electrons. The number of nitrogens with zero attached hydrogens (tertiary/aromatic N) is 1. The third-order valence-electron chi connectivity index (χ3n) is 2.82. The van der Waals surface area contributed by atoms with Crippen LogP contribution in [0, 0.1) is 11.6 Å².